The molecule has 0 fully saturated rings. The van der Waals surface area contributed by atoms with Crippen molar-refractivity contribution in [1.82, 2.24) is 9.97 Å². The number of aromatic nitrogens is 2. The third-order valence-corrected chi connectivity index (χ3v) is 2.63. The zero-order valence-electron chi connectivity index (χ0n) is 12.9. The topological polar surface area (TPSA) is 148 Å². The van der Waals surface area contributed by atoms with Crippen molar-refractivity contribution in [3.63, 3.8) is 0 Å². The molecule has 0 atom stereocenters. The summed E-state index contributed by atoms with van der Waals surface area (Å²) in [5.74, 6) is -0.805. The fourth-order valence-electron chi connectivity index (χ4n) is 1.36. The average Bonchev–Trinajstić information content (AvgIpc) is 2.45. The monoisotopic (exact) mass is 348 g/mol. The molecule has 0 unspecified atom stereocenters. The first-order chi connectivity index (χ1) is 10.7. The number of esters is 2. The van der Waals surface area contributed by atoms with Gasteiger partial charge in [0, 0.05) is 12.8 Å². The highest BCUT2D eigenvalue weighted by Gasteiger charge is 2.18. The molecular weight excluding hydrogens is 332 g/mol. The molecule has 10 nitrogen and oxygen atoms in total. The molecule has 0 saturated carbocycles. The minimum absolute atomic E-state index is 0.0874. The van der Waals surface area contributed by atoms with E-state index < -0.39 is 4.92 Å². The maximum Gasteiger partial charge on any atom is 0.332 e. The lowest BCUT2D eigenvalue weighted by atomic mass is 10.2. The molecule has 2 N–H and O–H groups in total. The second kappa shape index (κ2) is 10.3. The van der Waals surface area contributed by atoms with Gasteiger partial charge in [-0.15, -0.1) is 0 Å². The van der Waals surface area contributed by atoms with Gasteiger partial charge in [0.2, 0.25) is 11.1 Å². The fraction of sp³-hybridized carbons (Fsp3) is 0.500. The molecule has 0 radical (unpaired) electrons. The summed E-state index contributed by atoms with van der Waals surface area (Å²) in [6, 6.07) is 0. The molecule has 0 spiro atoms. The number of methoxy groups -OCH3 is 2. The zero-order valence-corrected chi connectivity index (χ0v) is 13.6. The van der Waals surface area contributed by atoms with Gasteiger partial charge in [0.25, 0.3) is 0 Å². The van der Waals surface area contributed by atoms with Gasteiger partial charge in [-0.25, -0.2) is 4.98 Å². The fourth-order valence-corrected chi connectivity index (χ4v) is 1.58. The Hall–Kier alpha value is -2.49. The van der Waals surface area contributed by atoms with Crippen LogP contribution in [0.3, 0.4) is 0 Å². The highest BCUT2D eigenvalue weighted by molar-refractivity contribution is 6.28. The maximum atomic E-state index is 10.5. The largest absolute Gasteiger partial charge is 0.469 e. The third kappa shape index (κ3) is 7.90. The van der Waals surface area contributed by atoms with Crippen molar-refractivity contribution in [1.29, 1.82) is 0 Å². The molecule has 23 heavy (non-hydrogen) atoms. The van der Waals surface area contributed by atoms with Crippen LogP contribution in [0.15, 0.2) is 0 Å². The van der Waals surface area contributed by atoms with Crippen LogP contribution in [0.1, 0.15) is 25.0 Å². The Morgan fingerprint density at radius 2 is 1.70 bits per heavy atom. The Balaban J connectivity index is 0.000000423. The molecule has 0 aliphatic heterocycles. The van der Waals surface area contributed by atoms with E-state index in [2.05, 4.69) is 19.4 Å². The van der Waals surface area contributed by atoms with Gasteiger partial charge in [0.15, 0.2) is 0 Å². The van der Waals surface area contributed by atoms with Crippen LogP contribution in [0, 0.1) is 17.0 Å². The molecule has 1 rings (SSSR count). The number of hydrogen-bond donors (Lipinski definition) is 1. The lowest BCUT2D eigenvalue weighted by molar-refractivity contribution is -0.385. The highest BCUT2D eigenvalue weighted by atomic mass is 35.5. The van der Waals surface area contributed by atoms with Crippen molar-refractivity contribution in [3.8, 4) is 0 Å². The predicted octanol–water partition coefficient (Wildman–Crippen LogP) is 1.43. The summed E-state index contributed by atoms with van der Waals surface area (Å²) in [4.78, 5) is 37.8. The second-order valence-corrected chi connectivity index (χ2v) is 4.41. The van der Waals surface area contributed by atoms with Gasteiger partial charge in [-0.1, -0.05) is 0 Å². The number of anilines is 1. The number of nitrogens with two attached hydrogens (primary N) is 1. The van der Waals surface area contributed by atoms with Crippen molar-refractivity contribution < 1.29 is 24.0 Å². The number of halogens is 1. The van der Waals surface area contributed by atoms with Crippen LogP contribution in [0.5, 0.6) is 0 Å². The molecule has 0 bridgehead atoms. The van der Waals surface area contributed by atoms with Gasteiger partial charge in [0.1, 0.15) is 5.69 Å². The minimum Gasteiger partial charge on any atom is -0.469 e. The Bertz CT molecular complexity index is 542. The summed E-state index contributed by atoms with van der Waals surface area (Å²) in [6.07, 6.45) is 1.02. The van der Waals surface area contributed by atoms with Crippen LogP contribution in [0.4, 0.5) is 11.5 Å². The van der Waals surface area contributed by atoms with Gasteiger partial charge in [-0.3, -0.25) is 19.7 Å². The molecule has 128 valence electrons. The van der Waals surface area contributed by atoms with Crippen LogP contribution in [0.25, 0.3) is 0 Å². The Morgan fingerprint density at radius 3 is 2.04 bits per heavy atom. The van der Waals surface area contributed by atoms with E-state index in [0.717, 1.165) is 0 Å². The molecule has 1 aromatic heterocycles. The van der Waals surface area contributed by atoms with Crippen molar-refractivity contribution in [2.75, 3.05) is 20.0 Å². The van der Waals surface area contributed by atoms with Crippen LogP contribution in [-0.4, -0.2) is 41.0 Å². The van der Waals surface area contributed by atoms with E-state index in [9.17, 15) is 19.7 Å². The number of ether oxygens (including phenoxy) is 2. The van der Waals surface area contributed by atoms with Crippen LogP contribution < -0.4 is 5.73 Å². The van der Waals surface area contributed by atoms with E-state index in [4.69, 9.17) is 17.3 Å². The second-order valence-electron chi connectivity index (χ2n) is 4.07. The molecule has 0 aliphatic carbocycles. The lowest BCUT2D eigenvalue weighted by Gasteiger charge is -1.98. The van der Waals surface area contributed by atoms with Crippen LogP contribution in [-0.2, 0) is 19.1 Å². The normalized spacial score (nSPS) is 9.39. The summed E-state index contributed by atoms with van der Waals surface area (Å²) in [6.45, 7) is 1.45. The zero-order chi connectivity index (χ0) is 18.0. The minimum atomic E-state index is -0.638. The van der Waals surface area contributed by atoms with Crippen LogP contribution in [0.2, 0.25) is 5.28 Å². The lowest BCUT2D eigenvalue weighted by Crippen LogP contribution is -2.04. The SMILES string of the molecule is COC(=O)CCCC(=O)OC.Cc1nc(Cl)nc(N)c1[N+](=O)[O-]. The Kier molecular flexibility index (Phi) is 9.16. The molecule has 0 aromatic carbocycles. The number of carbonyl (C=O) groups is 2. The molecule has 1 heterocycles. The van der Waals surface area contributed by atoms with Gasteiger partial charge in [-0.2, -0.15) is 4.98 Å². The first-order valence-corrected chi connectivity index (χ1v) is 6.68. The molecular formula is C12H17ClN4O6. The van der Waals surface area contributed by atoms with E-state index in [1.54, 1.807) is 0 Å². The molecule has 0 saturated heterocycles. The molecule has 11 heteroatoms. The molecule has 1 aromatic rings. The number of carbonyl (C=O) groups excluding carboxylic acids is 2. The maximum absolute atomic E-state index is 10.5. The number of nitro groups is 1. The summed E-state index contributed by atoms with van der Waals surface area (Å²) in [7, 11) is 2.64. The van der Waals surface area contributed by atoms with Gasteiger partial charge >= 0.3 is 17.6 Å². The first kappa shape index (κ1) is 20.5. The summed E-state index contributed by atoms with van der Waals surface area (Å²) in [5.41, 5.74) is 5.12. The highest BCUT2D eigenvalue weighted by Crippen LogP contribution is 2.23. The summed E-state index contributed by atoms with van der Waals surface area (Å²) in [5, 5.41) is 10.3. The van der Waals surface area contributed by atoms with E-state index in [-0.39, 0.29) is 47.3 Å². The molecule has 0 amide bonds. The van der Waals surface area contributed by atoms with E-state index >= 15 is 0 Å². The summed E-state index contributed by atoms with van der Waals surface area (Å²) < 4.78 is 8.75. The number of nitrogens with zero attached hydrogens (tertiary/aromatic N) is 3. The Labute approximate surface area is 137 Å². The number of hydrogen-bond acceptors (Lipinski definition) is 9. The van der Waals surface area contributed by atoms with E-state index in [0.29, 0.717) is 6.42 Å². The van der Waals surface area contributed by atoms with E-state index in [1.165, 1.54) is 21.1 Å². The van der Waals surface area contributed by atoms with E-state index in [1.807, 2.05) is 0 Å². The summed E-state index contributed by atoms with van der Waals surface area (Å²) >= 11 is 5.40. The van der Waals surface area contributed by atoms with Gasteiger partial charge < -0.3 is 15.2 Å². The smallest absolute Gasteiger partial charge is 0.332 e. The number of aryl methyl sites for hydroxylation is 1. The van der Waals surface area contributed by atoms with Gasteiger partial charge in [-0.05, 0) is 24.9 Å². The first-order valence-electron chi connectivity index (χ1n) is 6.30. The average molecular weight is 349 g/mol. The standard InChI is InChI=1S/C7H12O4.C5H5ClN4O2/c1-10-6(8)4-3-5-7(9)11-2;1-2-3(10(11)12)4(7)9-5(6)8-2/h3-5H2,1-2H3;1H3,(H2,7,8,9). The third-order valence-electron chi connectivity index (χ3n) is 2.46. The molecule has 0 aliphatic rings. The van der Waals surface area contributed by atoms with Crippen molar-refractivity contribution in [2.45, 2.75) is 26.2 Å². The van der Waals surface area contributed by atoms with Crippen molar-refractivity contribution in [2.24, 2.45) is 0 Å². The predicted molar refractivity (Wildman–Crippen MR) is 80.7 cm³/mol. The number of nitrogen functional groups attached to an aromatic ring is 1. The van der Waals surface area contributed by atoms with Crippen molar-refractivity contribution >= 4 is 35.0 Å². The Morgan fingerprint density at radius 1 is 1.22 bits per heavy atom. The quantitative estimate of drug-likeness (QED) is 0.361. The van der Waals surface area contributed by atoms with Crippen molar-refractivity contribution in [3.05, 3.63) is 21.1 Å². The van der Waals surface area contributed by atoms with Gasteiger partial charge in [0.05, 0.1) is 19.1 Å². The van der Waals surface area contributed by atoms with Crippen LogP contribution >= 0.6 is 11.6 Å². The number of rotatable bonds is 5.